The molecule has 0 bridgehead atoms. The summed E-state index contributed by atoms with van der Waals surface area (Å²) in [5.74, 6) is -0.369. The van der Waals surface area contributed by atoms with Gasteiger partial charge in [-0.05, 0) is 67.2 Å². The van der Waals surface area contributed by atoms with E-state index in [1.807, 2.05) is 41.5 Å². The quantitative estimate of drug-likeness (QED) is 0.545. The van der Waals surface area contributed by atoms with Crippen LogP contribution >= 0.6 is 0 Å². The fourth-order valence-electron chi connectivity index (χ4n) is 2.65. The summed E-state index contributed by atoms with van der Waals surface area (Å²) in [6, 6.07) is 0.133. The second-order valence-electron chi connectivity index (χ2n) is 8.63. The van der Waals surface area contributed by atoms with E-state index >= 15 is 0 Å². The lowest BCUT2D eigenvalue weighted by molar-refractivity contribution is -0.160. The molecule has 0 aromatic carbocycles. The van der Waals surface area contributed by atoms with E-state index < -0.39 is 11.2 Å². The van der Waals surface area contributed by atoms with Crippen LogP contribution in [0.4, 0.5) is 4.79 Å². The molecular weight excluding hydrogens is 338 g/mol. The van der Waals surface area contributed by atoms with Gasteiger partial charge in [-0.25, -0.2) is 9.59 Å². The van der Waals surface area contributed by atoms with Crippen LogP contribution in [-0.4, -0.2) is 55.2 Å². The summed E-state index contributed by atoms with van der Waals surface area (Å²) >= 11 is 0. The molecule has 1 N–H and O–H groups in total. The second kappa shape index (κ2) is 10.1. The largest absolute Gasteiger partial charge is 0.458 e. The van der Waals surface area contributed by atoms with E-state index in [4.69, 9.17) is 18.9 Å². The number of esters is 1. The molecular formula is C19H35NO6. The zero-order chi connectivity index (χ0) is 19.8. The third kappa shape index (κ3) is 11.3. The minimum atomic E-state index is -0.497. The first-order chi connectivity index (χ1) is 11.9. The molecule has 0 aromatic rings. The molecule has 0 unspecified atom stereocenters. The minimum Gasteiger partial charge on any atom is -0.458 e. The summed E-state index contributed by atoms with van der Waals surface area (Å²) in [6.45, 7) is 11.7. The van der Waals surface area contributed by atoms with Crippen molar-refractivity contribution in [1.29, 1.82) is 0 Å². The van der Waals surface area contributed by atoms with Crippen molar-refractivity contribution in [1.82, 2.24) is 5.32 Å². The van der Waals surface area contributed by atoms with E-state index in [0.717, 1.165) is 25.7 Å². The first-order valence-corrected chi connectivity index (χ1v) is 9.35. The van der Waals surface area contributed by atoms with Gasteiger partial charge in [-0.15, -0.1) is 0 Å². The van der Waals surface area contributed by atoms with E-state index in [2.05, 4.69) is 5.32 Å². The molecule has 1 aliphatic carbocycles. The Hall–Kier alpha value is -1.34. The monoisotopic (exact) mass is 373 g/mol. The Kier molecular flexibility index (Phi) is 8.83. The van der Waals surface area contributed by atoms with Crippen LogP contribution in [-0.2, 0) is 23.7 Å². The predicted octanol–water partition coefficient (Wildman–Crippen LogP) is 3.20. The molecule has 0 radical (unpaired) electrons. The number of nitrogens with one attached hydrogen (secondary N) is 1. The average molecular weight is 373 g/mol. The van der Waals surface area contributed by atoms with Crippen molar-refractivity contribution >= 4 is 12.1 Å². The summed E-state index contributed by atoms with van der Waals surface area (Å²) in [7, 11) is 0. The standard InChI is InChI=1S/C19H35NO6/c1-18(2,3)25-16(21)13-23-11-12-24-15-9-7-14(8-10-15)20-17(22)26-19(4,5)6/h14-15H,7-13H2,1-6H3,(H,20,22). The van der Waals surface area contributed by atoms with Gasteiger partial charge in [-0.1, -0.05) is 0 Å². The van der Waals surface area contributed by atoms with Gasteiger partial charge in [0.25, 0.3) is 0 Å². The predicted molar refractivity (Wildman–Crippen MR) is 98.0 cm³/mol. The summed E-state index contributed by atoms with van der Waals surface area (Å²) in [5.41, 5.74) is -0.980. The van der Waals surface area contributed by atoms with E-state index in [0.29, 0.717) is 13.2 Å². The van der Waals surface area contributed by atoms with E-state index in [-0.39, 0.29) is 30.8 Å². The van der Waals surface area contributed by atoms with Crippen LogP contribution < -0.4 is 5.32 Å². The van der Waals surface area contributed by atoms with E-state index in [1.165, 1.54) is 0 Å². The van der Waals surface area contributed by atoms with Crippen molar-refractivity contribution in [3.05, 3.63) is 0 Å². The summed E-state index contributed by atoms with van der Waals surface area (Å²) in [6.07, 6.45) is 3.29. The zero-order valence-corrected chi connectivity index (χ0v) is 17.1. The average Bonchev–Trinajstić information content (AvgIpc) is 2.44. The van der Waals surface area contributed by atoms with Crippen molar-refractivity contribution in [3.63, 3.8) is 0 Å². The molecule has 0 atom stereocenters. The first kappa shape index (κ1) is 22.7. The van der Waals surface area contributed by atoms with Crippen LogP contribution in [0, 0.1) is 0 Å². The van der Waals surface area contributed by atoms with Crippen LogP contribution in [0.15, 0.2) is 0 Å². The van der Waals surface area contributed by atoms with Crippen molar-refractivity contribution in [2.24, 2.45) is 0 Å². The van der Waals surface area contributed by atoms with Gasteiger partial charge in [0.05, 0.1) is 19.3 Å². The third-order valence-electron chi connectivity index (χ3n) is 3.62. The number of rotatable bonds is 7. The normalized spacial score (nSPS) is 21.2. The van der Waals surface area contributed by atoms with Crippen molar-refractivity contribution in [2.45, 2.75) is 90.6 Å². The Morgan fingerprint density at radius 3 is 2.00 bits per heavy atom. The molecule has 0 heterocycles. The molecule has 1 fully saturated rings. The molecule has 1 aliphatic rings. The lowest BCUT2D eigenvalue weighted by atomic mass is 9.93. The van der Waals surface area contributed by atoms with Crippen LogP contribution in [0.25, 0.3) is 0 Å². The lowest BCUT2D eigenvalue weighted by Gasteiger charge is -2.30. The fraction of sp³-hybridized carbons (Fsp3) is 0.895. The van der Waals surface area contributed by atoms with Gasteiger partial charge in [0.1, 0.15) is 17.8 Å². The number of carbonyl (C=O) groups is 2. The van der Waals surface area contributed by atoms with Gasteiger partial charge in [0.15, 0.2) is 0 Å². The van der Waals surface area contributed by atoms with Crippen molar-refractivity contribution in [3.8, 4) is 0 Å². The number of ether oxygens (including phenoxy) is 4. The highest BCUT2D eigenvalue weighted by atomic mass is 16.6. The Balaban J connectivity index is 2.08. The molecule has 7 nitrogen and oxygen atoms in total. The molecule has 1 saturated carbocycles. The van der Waals surface area contributed by atoms with Gasteiger partial charge in [0.2, 0.25) is 0 Å². The fourth-order valence-corrected chi connectivity index (χ4v) is 2.65. The second-order valence-corrected chi connectivity index (χ2v) is 8.63. The van der Waals surface area contributed by atoms with Gasteiger partial charge in [0, 0.05) is 6.04 Å². The van der Waals surface area contributed by atoms with Gasteiger partial charge in [-0.3, -0.25) is 0 Å². The molecule has 0 aliphatic heterocycles. The molecule has 0 spiro atoms. The highest BCUT2D eigenvalue weighted by molar-refractivity contribution is 5.71. The first-order valence-electron chi connectivity index (χ1n) is 9.35. The number of hydrogen-bond donors (Lipinski definition) is 1. The maximum atomic E-state index is 11.8. The maximum Gasteiger partial charge on any atom is 0.407 e. The van der Waals surface area contributed by atoms with Gasteiger partial charge in [-0.2, -0.15) is 0 Å². The molecule has 26 heavy (non-hydrogen) atoms. The van der Waals surface area contributed by atoms with E-state index in [1.54, 1.807) is 0 Å². The third-order valence-corrected chi connectivity index (χ3v) is 3.62. The van der Waals surface area contributed by atoms with Crippen LogP contribution in [0.5, 0.6) is 0 Å². The number of carbonyl (C=O) groups excluding carboxylic acids is 2. The Labute approximate surface area is 157 Å². The number of hydrogen-bond acceptors (Lipinski definition) is 6. The number of amides is 1. The van der Waals surface area contributed by atoms with E-state index in [9.17, 15) is 9.59 Å². The van der Waals surface area contributed by atoms with Gasteiger partial charge < -0.3 is 24.3 Å². The molecule has 0 saturated heterocycles. The zero-order valence-electron chi connectivity index (χ0n) is 17.1. The van der Waals surface area contributed by atoms with Crippen molar-refractivity contribution in [2.75, 3.05) is 19.8 Å². The maximum absolute atomic E-state index is 11.8. The Bertz CT molecular complexity index is 444. The van der Waals surface area contributed by atoms with Gasteiger partial charge >= 0.3 is 12.1 Å². The Morgan fingerprint density at radius 2 is 1.46 bits per heavy atom. The van der Waals surface area contributed by atoms with Crippen LogP contribution in [0.2, 0.25) is 0 Å². The smallest absolute Gasteiger partial charge is 0.407 e. The molecule has 1 rings (SSSR count). The minimum absolute atomic E-state index is 0.0623. The van der Waals surface area contributed by atoms with Crippen molar-refractivity contribution < 1.29 is 28.5 Å². The molecule has 1 amide bonds. The highest BCUT2D eigenvalue weighted by Crippen LogP contribution is 2.21. The molecule has 0 aromatic heterocycles. The summed E-state index contributed by atoms with van der Waals surface area (Å²) in [4.78, 5) is 23.3. The highest BCUT2D eigenvalue weighted by Gasteiger charge is 2.25. The SMILES string of the molecule is CC(C)(C)OC(=O)COCCOC1CCC(NC(=O)OC(C)(C)C)CC1. The topological polar surface area (TPSA) is 83.1 Å². The lowest BCUT2D eigenvalue weighted by Crippen LogP contribution is -2.42. The van der Waals surface area contributed by atoms with Crippen LogP contribution in [0.1, 0.15) is 67.2 Å². The van der Waals surface area contributed by atoms with Crippen LogP contribution in [0.3, 0.4) is 0 Å². The molecule has 152 valence electrons. The summed E-state index contributed by atoms with van der Waals surface area (Å²) in [5, 5.41) is 2.91. The molecule has 7 heteroatoms. The Morgan fingerprint density at radius 1 is 0.885 bits per heavy atom. The summed E-state index contributed by atoms with van der Waals surface area (Å²) < 4.78 is 21.5. The number of alkyl carbamates (subject to hydrolysis) is 1.